The third-order valence-corrected chi connectivity index (χ3v) is 6.94. The first-order valence-electron chi connectivity index (χ1n) is 12.8. The van der Waals surface area contributed by atoms with E-state index in [-0.39, 0.29) is 11.7 Å². The molecule has 0 aliphatic carbocycles. The molecular weight excluding hydrogens is 488 g/mol. The Labute approximate surface area is 219 Å². The number of H-pyrrole nitrogens is 1. The van der Waals surface area contributed by atoms with Gasteiger partial charge in [-0.15, -0.1) is 5.10 Å². The highest BCUT2D eigenvalue weighted by Crippen LogP contribution is 2.34. The molecule has 38 heavy (non-hydrogen) atoms. The van der Waals surface area contributed by atoms with Crippen LogP contribution in [0.25, 0.3) is 10.9 Å². The topological polar surface area (TPSA) is 117 Å². The smallest absolute Gasteiger partial charge is 0.252 e. The Morgan fingerprint density at radius 3 is 2.68 bits per heavy atom. The predicted molar refractivity (Wildman–Crippen MR) is 138 cm³/mol. The van der Waals surface area contributed by atoms with Gasteiger partial charge < -0.3 is 23.9 Å². The number of hydrogen-bond donors (Lipinski definition) is 1. The summed E-state index contributed by atoms with van der Waals surface area (Å²) >= 11 is 0. The zero-order chi connectivity index (χ0) is 25.9. The molecule has 11 heteroatoms. The predicted octanol–water partition coefficient (Wildman–Crippen LogP) is 2.68. The highest BCUT2D eigenvalue weighted by atomic mass is 16.6. The average Bonchev–Trinajstić information content (AvgIpc) is 3.61. The number of aromatic amines is 1. The van der Waals surface area contributed by atoms with Crippen molar-refractivity contribution in [1.29, 1.82) is 0 Å². The number of pyridine rings is 1. The number of rotatable bonds is 9. The van der Waals surface area contributed by atoms with Crippen LogP contribution in [0, 0.1) is 0 Å². The standard InChI is InChI=1S/C27H30N6O5/c1-35-23-7-3-2-5-18(23)14-32(17-26-29-30-31-33(26)16-21-6-4-8-36-21)15-20-11-19-12-24-25(38-10-9-37-24)13-22(19)28-27(20)34/h2-3,5,7,11-13,21H,4,6,8-10,14-17H2,1H3,(H,28,34)/t21-/m0/s1. The molecular formula is C27H30N6O5. The molecule has 0 spiro atoms. The minimum Gasteiger partial charge on any atom is -0.496 e. The number of ether oxygens (including phenoxy) is 4. The number of benzene rings is 2. The van der Waals surface area contributed by atoms with Crippen LogP contribution in [0.15, 0.2) is 47.3 Å². The minimum absolute atomic E-state index is 0.111. The second kappa shape index (κ2) is 10.8. The number of hydrogen-bond acceptors (Lipinski definition) is 9. The van der Waals surface area contributed by atoms with Crippen molar-refractivity contribution >= 4 is 10.9 Å². The molecule has 0 radical (unpaired) electrons. The van der Waals surface area contributed by atoms with Crippen molar-refractivity contribution in [1.82, 2.24) is 30.1 Å². The number of tetrazole rings is 1. The van der Waals surface area contributed by atoms with E-state index in [0.29, 0.717) is 67.8 Å². The fourth-order valence-electron chi connectivity index (χ4n) is 5.05. The van der Waals surface area contributed by atoms with Gasteiger partial charge in [-0.3, -0.25) is 9.69 Å². The summed E-state index contributed by atoms with van der Waals surface area (Å²) in [7, 11) is 1.66. The molecule has 1 saturated heterocycles. The number of methoxy groups -OCH3 is 1. The highest BCUT2D eigenvalue weighted by Gasteiger charge is 2.22. The molecule has 0 unspecified atom stereocenters. The van der Waals surface area contributed by atoms with E-state index in [1.807, 2.05) is 42.5 Å². The average molecular weight is 519 g/mol. The van der Waals surface area contributed by atoms with Gasteiger partial charge in [-0.25, -0.2) is 4.68 Å². The Morgan fingerprint density at radius 1 is 1.05 bits per heavy atom. The van der Waals surface area contributed by atoms with Gasteiger partial charge in [-0.1, -0.05) is 18.2 Å². The molecule has 0 saturated carbocycles. The first kappa shape index (κ1) is 24.4. The summed E-state index contributed by atoms with van der Waals surface area (Å²) < 4.78 is 24.6. The van der Waals surface area contributed by atoms with Crippen molar-refractivity contribution in [2.75, 3.05) is 26.9 Å². The lowest BCUT2D eigenvalue weighted by atomic mass is 10.1. The lowest BCUT2D eigenvalue weighted by Gasteiger charge is -2.23. The molecule has 2 aliphatic heterocycles. The van der Waals surface area contributed by atoms with Crippen LogP contribution in [0.4, 0.5) is 0 Å². The van der Waals surface area contributed by atoms with Gasteiger partial charge in [0, 0.05) is 42.3 Å². The fraction of sp³-hybridized carbons (Fsp3) is 0.407. The van der Waals surface area contributed by atoms with E-state index in [2.05, 4.69) is 25.4 Å². The van der Waals surface area contributed by atoms with Gasteiger partial charge in [0.05, 0.1) is 31.8 Å². The van der Waals surface area contributed by atoms with Gasteiger partial charge in [0.15, 0.2) is 17.3 Å². The zero-order valence-corrected chi connectivity index (χ0v) is 21.3. The Morgan fingerprint density at radius 2 is 1.87 bits per heavy atom. The molecule has 4 aromatic rings. The second-order valence-corrected chi connectivity index (χ2v) is 9.58. The molecule has 0 bridgehead atoms. The van der Waals surface area contributed by atoms with Crippen molar-refractivity contribution < 1.29 is 18.9 Å². The summed E-state index contributed by atoms with van der Waals surface area (Å²) in [6, 6.07) is 13.5. The molecule has 2 aromatic heterocycles. The van der Waals surface area contributed by atoms with Gasteiger partial charge in [-0.2, -0.15) is 0 Å². The fourth-order valence-corrected chi connectivity index (χ4v) is 5.05. The summed E-state index contributed by atoms with van der Waals surface area (Å²) in [5.41, 5.74) is 2.19. The molecule has 1 N–H and O–H groups in total. The maximum absolute atomic E-state index is 13.2. The maximum Gasteiger partial charge on any atom is 0.252 e. The maximum atomic E-state index is 13.2. The summed E-state index contributed by atoms with van der Waals surface area (Å²) in [5, 5.41) is 13.3. The molecule has 0 amide bonds. The number of aromatic nitrogens is 5. The van der Waals surface area contributed by atoms with Crippen molar-refractivity contribution in [3.05, 3.63) is 69.8 Å². The van der Waals surface area contributed by atoms with E-state index < -0.39 is 0 Å². The Kier molecular flexibility index (Phi) is 6.93. The van der Waals surface area contributed by atoms with Gasteiger partial charge in [0.25, 0.3) is 5.56 Å². The lowest BCUT2D eigenvalue weighted by molar-refractivity contribution is 0.0914. The Bertz CT molecular complexity index is 1480. The minimum atomic E-state index is -0.154. The third kappa shape index (κ3) is 5.20. The lowest BCUT2D eigenvalue weighted by Crippen LogP contribution is -2.29. The molecule has 2 aromatic carbocycles. The van der Waals surface area contributed by atoms with E-state index >= 15 is 0 Å². The van der Waals surface area contributed by atoms with Crippen LogP contribution in [0.5, 0.6) is 17.2 Å². The summed E-state index contributed by atoms with van der Waals surface area (Å²) in [4.78, 5) is 18.3. The molecule has 1 fully saturated rings. The van der Waals surface area contributed by atoms with E-state index in [1.165, 1.54) is 0 Å². The molecule has 1 atom stereocenters. The monoisotopic (exact) mass is 518 g/mol. The van der Waals surface area contributed by atoms with Crippen molar-refractivity contribution in [2.24, 2.45) is 0 Å². The van der Waals surface area contributed by atoms with E-state index in [0.717, 1.165) is 36.1 Å². The van der Waals surface area contributed by atoms with Crippen molar-refractivity contribution in [2.45, 2.75) is 45.1 Å². The SMILES string of the molecule is COc1ccccc1CN(Cc1cc2cc3c(cc2[nH]c1=O)OCCO3)Cc1nnnn1C[C@@H]1CCCO1. The second-order valence-electron chi connectivity index (χ2n) is 9.58. The molecule has 6 rings (SSSR count). The highest BCUT2D eigenvalue weighted by molar-refractivity contribution is 5.83. The van der Waals surface area contributed by atoms with Crippen molar-refractivity contribution in [3.8, 4) is 17.2 Å². The van der Waals surface area contributed by atoms with Crippen LogP contribution in [0.3, 0.4) is 0 Å². The van der Waals surface area contributed by atoms with Crippen LogP contribution in [0.1, 0.15) is 29.8 Å². The Hall–Kier alpha value is -3.96. The molecule has 11 nitrogen and oxygen atoms in total. The summed E-state index contributed by atoms with van der Waals surface area (Å²) in [6.07, 6.45) is 2.16. The van der Waals surface area contributed by atoms with Crippen LogP contribution in [0.2, 0.25) is 0 Å². The van der Waals surface area contributed by atoms with E-state index in [9.17, 15) is 4.79 Å². The van der Waals surface area contributed by atoms with Gasteiger partial charge >= 0.3 is 0 Å². The summed E-state index contributed by atoms with van der Waals surface area (Å²) in [5.74, 6) is 2.82. The van der Waals surface area contributed by atoms with Crippen LogP contribution < -0.4 is 19.8 Å². The number of nitrogens with zero attached hydrogens (tertiary/aromatic N) is 5. The van der Waals surface area contributed by atoms with Gasteiger partial charge in [-0.05, 0) is 41.5 Å². The summed E-state index contributed by atoms with van der Waals surface area (Å²) in [6.45, 7) is 3.73. The normalized spacial score (nSPS) is 16.8. The Balaban J connectivity index is 1.31. The van der Waals surface area contributed by atoms with E-state index in [1.54, 1.807) is 11.8 Å². The van der Waals surface area contributed by atoms with Crippen LogP contribution in [-0.4, -0.2) is 63.1 Å². The number of nitrogens with one attached hydrogen (secondary N) is 1. The quantitative estimate of drug-likeness (QED) is 0.357. The first-order chi connectivity index (χ1) is 18.7. The largest absolute Gasteiger partial charge is 0.496 e. The van der Waals surface area contributed by atoms with Gasteiger partial charge in [0.2, 0.25) is 0 Å². The zero-order valence-electron chi connectivity index (χ0n) is 21.3. The first-order valence-corrected chi connectivity index (χ1v) is 12.8. The molecule has 2 aliphatic rings. The van der Waals surface area contributed by atoms with Crippen LogP contribution in [-0.2, 0) is 30.9 Å². The molecule has 198 valence electrons. The van der Waals surface area contributed by atoms with E-state index in [4.69, 9.17) is 18.9 Å². The third-order valence-electron chi connectivity index (χ3n) is 6.94. The number of para-hydroxylation sites is 1. The number of fused-ring (bicyclic) bond motifs is 2. The molecule has 4 heterocycles. The van der Waals surface area contributed by atoms with Crippen LogP contribution >= 0.6 is 0 Å². The van der Waals surface area contributed by atoms with Gasteiger partial charge in [0.1, 0.15) is 19.0 Å². The van der Waals surface area contributed by atoms with Crippen molar-refractivity contribution in [3.63, 3.8) is 0 Å².